The van der Waals surface area contributed by atoms with Crippen LogP contribution in [0.1, 0.15) is 12.8 Å². The summed E-state index contributed by atoms with van der Waals surface area (Å²) in [5, 5.41) is 0. The van der Waals surface area contributed by atoms with E-state index in [-0.39, 0.29) is 12.0 Å². The van der Waals surface area contributed by atoms with Gasteiger partial charge in [0.15, 0.2) is 0 Å². The minimum Gasteiger partial charge on any atom is -0.464 e. The molecule has 2 fully saturated rings. The number of rotatable bonds is 1. The fourth-order valence-electron chi connectivity index (χ4n) is 1.89. The topological polar surface area (TPSA) is 29.5 Å². The Labute approximate surface area is 82.8 Å². The molecule has 13 heavy (non-hydrogen) atoms. The molecule has 0 saturated carbocycles. The van der Waals surface area contributed by atoms with Crippen LogP contribution in [0.5, 0.6) is 0 Å². The third kappa shape index (κ3) is 2.17. The van der Waals surface area contributed by atoms with E-state index in [2.05, 4.69) is 4.90 Å². The van der Waals surface area contributed by atoms with Gasteiger partial charge in [0.1, 0.15) is 6.04 Å². The molecular formula is C9H15NO2S. The molecule has 0 bridgehead atoms. The van der Waals surface area contributed by atoms with E-state index in [4.69, 9.17) is 4.74 Å². The van der Waals surface area contributed by atoms with Gasteiger partial charge in [0.2, 0.25) is 0 Å². The zero-order chi connectivity index (χ0) is 9.10. The van der Waals surface area contributed by atoms with Gasteiger partial charge >= 0.3 is 5.97 Å². The second-order valence-electron chi connectivity index (χ2n) is 3.47. The summed E-state index contributed by atoms with van der Waals surface area (Å²) in [7, 11) is 0. The molecule has 0 aromatic heterocycles. The molecule has 0 amide bonds. The highest BCUT2D eigenvalue weighted by Crippen LogP contribution is 2.18. The quantitative estimate of drug-likeness (QED) is 0.585. The predicted molar refractivity (Wildman–Crippen MR) is 52.9 cm³/mol. The number of esters is 1. The fourth-order valence-corrected chi connectivity index (χ4v) is 2.79. The number of hydrogen-bond donors (Lipinski definition) is 0. The summed E-state index contributed by atoms with van der Waals surface area (Å²) >= 11 is 1.99. The molecular weight excluding hydrogens is 186 g/mol. The zero-order valence-corrected chi connectivity index (χ0v) is 8.52. The van der Waals surface area contributed by atoms with Gasteiger partial charge in [0.05, 0.1) is 6.61 Å². The van der Waals surface area contributed by atoms with Crippen LogP contribution in [0.3, 0.4) is 0 Å². The van der Waals surface area contributed by atoms with E-state index in [1.54, 1.807) is 0 Å². The Morgan fingerprint density at radius 1 is 1.38 bits per heavy atom. The summed E-state index contributed by atoms with van der Waals surface area (Å²) < 4.78 is 4.97. The number of hydrogen-bond acceptors (Lipinski definition) is 4. The summed E-state index contributed by atoms with van der Waals surface area (Å²) in [4.78, 5) is 13.6. The Bertz CT molecular complexity index is 190. The van der Waals surface area contributed by atoms with E-state index in [1.165, 1.54) is 12.2 Å². The maximum Gasteiger partial charge on any atom is 0.323 e. The average molecular weight is 201 g/mol. The van der Waals surface area contributed by atoms with Crippen molar-refractivity contribution in [2.45, 2.75) is 18.9 Å². The predicted octanol–water partition coefficient (Wildman–Crippen LogP) is 0.741. The lowest BCUT2D eigenvalue weighted by atomic mass is 10.2. The van der Waals surface area contributed by atoms with E-state index >= 15 is 0 Å². The van der Waals surface area contributed by atoms with Crippen LogP contribution in [-0.4, -0.2) is 48.1 Å². The van der Waals surface area contributed by atoms with Crippen LogP contribution >= 0.6 is 11.8 Å². The monoisotopic (exact) mass is 201 g/mol. The van der Waals surface area contributed by atoms with Crippen LogP contribution in [0.2, 0.25) is 0 Å². The molecule has 74 valence electrons. The van der Waals surface area contributed by atoms with Crippen LogP contribution in [-0.2, 0) is 9.53 Å². The van der Waals surface area contributed by atoms with Gasteiger partial charge in [-0.3, -0.25) is 9.69 Å². The van der Waals surface area contributed by atoms with Crippen LogP contribution < -0.4 is 0 Å². The Morgan fingerprint density at radius 2 is 2.31 bits per heavy atom. The summed E-state index contributed by atoms with van der Waals surface area (Å²) in [5.41, 5.74) is 0. The highest BCUT2D eigenvalue weighted by atomic mass is 32.2. The molecule has 0 unspecified atom stereocenters. The molecule has 4 heteroatoms. The minimum absolute atomic E-state index is 0.00750. The lowest BCUT2D eigenvalue weighted by molar-refractivity contribution is -0.142. The van der Waals surface area contributed by atoms with Gasteiger partial charge < -0.3 is 4.74 Å². The first kappa shape index (κ1) is 9.34. The third-order valence-corrected chi connectivity index (χ3v) is 3.65. The van der Waals surface area contributed by atoms with E-state index in [1.807, 2.05) is 11.8 Å². The smallest absolute Gasteiger partial charge is 0.323 e. The zero-order valence-electron chi connectivity index (χ0n) is 7.70. The van der Waals surface area contributed by atoms with Crippen molar-refractivity contribution in [3.63, 3.8) is 0 Å². The second kappa shape index (κ2) is 4.33. The number of carbonyl (C=O) groups is 1. The molecule has 2 heterocycles. The maximum absolute atomic E-state index is 11.3. The molecule has 2 aliphatic rings. The molecule has 2 saturated heterocycles. The Balaban J connectivity index is 1.93. The van der Waals surface area contributed by atoms with Crippen LogP contribution in [0.4, 0.5) is 0 Å². The standard InChI is InChI=1S/C9H15NO2S/c11-9-8(2-5-12-9)10-3-1-6-13-7-4-10/h8H,1-7H2/t8-/m1/s1. The first-order valence-electron chi connectivity index (χ1n) is 4.86. The van der Waals surface area contributed by atoms with E-state index in [0.717, 1.165) is 25.3 Å². The first-order valence-corrected chi connectivity index (χ1v) is 6.02. The van der Waals surface area contributed by atoms with Gasteiger partial charge in [-0.1, -0.05) is 0 Å². The van der Waals surface area contributed by atoms with Crippen molar-refractivity contribution in [2.24, 2.45) is 0 Å². The largest absolute Gasteiger partial charge is 0.464 e. The SMILES string of the molecule is O=C1OCC[C@H]1N1CCCSCC1. The van der Waals surface area contributed by atoms with E-state index < -0.39 is 0 Å². The van der Waals surface area contributed by atoms with Crippen molar-refractivity contribution >= 4 is 17.7 Å². The molecule has 0 N–H and O–H groups in total. The van der Waals surface area contributed by atoms with Crippen molar-refractivity contribution in [2.75, 3.05) is 31.2 Å². The lowest BCUT2D eigenvalue weighted by Crippen LogP contribution is -2.39. The van der Waals surface area contributed by atoms with E-state index in [9.17, 15) is 4.79 Å². The van der Waals surface area contributed by atoms with Gasteiger partial charge in [-0.05, 0) is 18.7 Å². The number of thioether (sulfide) groups is 1. The molecule has 3 nitrogen and oxygen atoms in total. The van der Waals surface area contributed by atoms with Crippen molar-refractivity contribution in [3.05, 3.63) is 0 Å². The van der Waals surface area contributed by atoms with Crippen molar-refractivity contribution in [1.82, 2.24) is 4.90 Å². The molecule has 0 aromatic rings. The highest BCUT2D eigenvalue weighted by molar-refractivity contribution is 7.99. The first-order chi connectivity index (χ1) is 6.38. The number of ether oxygens (including phenoxy) is 1. The molecule has 0 aliphatic carbocycles. The molecule has 0 radical (unpaired) electrons. The van der Waals surface area contributed by atoms with Gasteiger partial charge in [-0.15, -0.1) is 0 Å². The Hall–Kier alpha value is -0.220. The van der Waals surface area contributed by atoms with Gasteiger partial charge in [-0.25, -0.2) is 0 Å². The minimum atomic E-state index is -0.00750. The lowest BCUT2D eigenvalue weighted by Gasteiger charge is -2.23. The summed E-state index contributed by atoms with van der Waals surface area (Å²) in [6.07, 6.45) is 2.10. The fraction of sp³-hybridized carbons (Fsp3) is 0.889. The second-order valence-corrected chi connectivity index (χ2v) is 4.70. The third-order valence-electron chi connectivity index (χ3n) is 2.61. The maximum atomic E-state index is 11.3. The Morgan fingerprint density at radius 3 is 3.08 bits per heavy atom. The normalized spacial score (nSPS) is 31.4. The van der Waals surface area contributed by atoms with E-state index in [0.29, 0.717) is 6.61 Å². The number of nitrogens with zero attached hydrogens (tertiary/aromatic N) is 1. The van der Waals surface area contributed by atoms with Crippen molar-refractivity contribution in [3.8, 4) is 0 Å². The molecule has 2 rings (SSSR count). The summed E-state index contributed by atoms with van der Waals surface area (Å²) in [5.74, 6) is 2.38. The molecule has 0 aromatic carbocycles. The number of cyclic esters (lactones) is 1. The summed E-state index contributed by atoms with van der Waals surface area (Å²) in [6, 6.07) is 0.0682. The van der Waals surface area contributed by atoms with Crippen LogP contribution in [0.15, 0.2) is 0 Å². The van der Waals surface area contributed by atoms with Gasteiger partial charge in [-0.2, -0.15) is 11.8 Å². The van der Waals surface area contributed by atoms with Crippen molar-refractivity contribution < 1.29 is 9.53 Å². The molecule has 0 spiro atoms. The van der Waals surface area contributed by atoms with Crippen LogP contribution in [0, 0.1) is 0 Å². The number of carbonyl (C=O) groups excluding carboxylic acids is 1. The molecule has 1 atom stereocenters. The highest BCUT2D eigenvalue weighted by Gasteiger charge is 2.32. The Kier molecular flexibility index (Phi) is 3.11. The van der Waals surface area contributed by atoms with Crippen LogP contribution in [0.25, 0.3) is 0 Å². The molecule has 2 aliphatic heterocycles. The van der Waals surface area contributed by atoms with Gasteiger partial charge in [0.25, 0.3) is 0 Å². The summed E-state index contributed by atoms with van der Waals surface area (Å²) in [6.45, 7) is 2.73. The van der Waals surface area contributed by atoms with Crippen molar-refractivity contribution in [1.29, 1.82) is 0 Å². The van der Waals surface area contributed by atoms with Gasteiger partial charge in [0, 0.05) is 18.7 Å². The average Bonchev–Trinajstić information content (AvgIpc) is 2.43.